The van der Waals surface area contributed by atoms with Gasteiger partial charge in [-0.25, -0.2) is 9.07 Å². The normalized spacial score (nSPS) is 19.0. The number of morpholine rings is 1. The second-order valence-electron chi connectivity index (χ2n) is 7.23. The van der Waals surface area contributed by atoms with E-state index in [0.29, 0.717) is 24.4 Å². The number of amides is 1. The minimum absolute atomic E-state index is 0.0144. The van der Waals surface area contributed by atoms with E-state index in [4.69, 9.17) is 4.74 Å². The number of rotatable bonds is 4. The van der Waals surface area contributed by atoms with Crippen molar-refractivity contribution in [2.45, 2.75) is 12.4 Å². The standard InChI is InChI=1S/C21H17F3N4O4/c22-15-7-12(19-10-25-5-6-30-19)1-3-16(15)27-20(29)13-9-26-28(11-13)14-2-4-17-18(8-14)32-21(23,24)31-17/h1-4,7-9,11,19,25H,5-6,10H2,(H,27,29). The van der Waals surface area contributed by atoms with Crippen LogP contribution in [0.25, 0.3) is 5.69 Å². The zero-order valence-corrected chi connectivity index (χ0v) is 16.5. The van der Waals surface area contributed by atoms with E-state index in [1.165, 1.54) is 47.4 Å². The maximum Gasteiger partial charge on any atom is 0.586 e. The molecule has 1 saturated heterocycles. The Bertz CT molecular complexity index is 1180. The number of ether oxygens (including phenoxy) is 3. The molecule has 32 heavy (non-hydrogen) atoms. The molecule has 1 unspecified atom stereocenters. The summed E-state index contributed by atoms with van der Waals surface area (Å²) in [5, 5.41) is 9.75. The molecule has 166 valence electrons. The van der Waals surface area contributed by atoms with Crippen LogP contribution in [0.2, 0.25) is 0 Å². The molecule has 2 aliphatic rings. The number of carbonyl (C=O) groups excluding carboxylic acids is 1. The third-order valence-corrected chi connectivity index (χ3v) is 5.03. The summed E-state index contributed by atoms with van der Waals surface area (Å²) in [6.45, 7) is 1.88. The average Bonchev–Trinajstić information content (AvgIpc) is 3.38. The molecular weight excluding hydrogens is 429 g/mol. The summed E-state index contributed by atoms with van der Waals surface area (Å²) in [6.07, 6.45) is -1.31. The number of nitrogens with one attached hydrogen (secondary N) is 2. The fourth-order valence-electron chi connectivity index (χ4n) is 3.47. The Hall–Kier alpha value is -3.57. The highest BCUT2D eigenvalue weighted by Gasteiger charge is 2.43. The zero-order chi connectivity index (χ0) is 22.3. The van der Waals surface area contributed by atoms with E-state index in [9.17, 15) is 18.0 Å². The van der Waals surface area contributed by atoms with Crippen molar-refractivity contribution >= 4 is 11.6 Å². The Morgan fingerprint density at radius 1 is 1.19 bits per heavy atom. The number of anilines is 1. The van der Waals surface area contributed by atoms with Crippen LogP contribution in [0, 0.1) is 5.82 Å². The fourth-order valence-corrected chi connectivity index (χ4v) is 3.47. The summed E-state index contributed by atoms with van der Waals surface area (Å²) in [4.78, 5) is 12.6. The van der Waals surface area contributed by atoms with Gasteiger partial charge in [-0.15, -0.1) is 8.78 Å². The number of alkyl halides is 2. The van der Waals surface area contributed by atoms with Gasteiger partial charge in [-0.05, 0) is 29.8 Å². The number of benzene rings is 2. The van der Waals surface area contributed by atoms with Gasteiger partial charge in [0.25, 0.3) is 5.91 Å². The van der Waals surface area contributed by atoms with Crippen LogP contribution >= 0.6 is 0 Å². The van der Waals surface area contributed by atoms with Crippen molar-refractivity contribution in [3.05, 3.63) is 65.7 Å². The van der Waals surface area contributed by atoms with E-state index in [2.05, 4.69) is 25.2 Å². The molecule has 5 rings (SSSR count). The highest BCUT2D eigenvalue weighted by atomic mass is 19.3. The number of halogens is 3. The molecule has 2 N–H and O–H groups in total. The SMILES string of the molecule is O=C(Nc1ccc(C2CNCCO2)cc1F)c1cnn(-c2ccc3c(c2)OC(F)(F)O3)c1. The maximum absolute atomic E-state index is 14.5. The third kappa shape index (κ3) is 3.99. The van der Waals surface area contributed by atoms with Gasteiger partial charge in [0.05, 0.1) is 35.8 Å². The van der Waals surface area contributed by atoms with Crippen LogP contribution in [0.15, 0.2) is 48.8 Å². The topological polar surface area (TPSA) is 86.6 Å². The van der Waals surface area contributed by atoms with Crippen LogP contribution in [0.5, 0.6) is 11.5 Å². The highest BCUT2D eigenvalue weighted by molar-refractivity contribution is 6.04. The summed E-state index contributed by atoms with van der Waals surface area (Å²) in [5.74, 6) is -1.41. The molecule has 1 atom stereocenters. The van der Waals surface area contributed by atoms with E-state index in [-0.39, 0.29) is 28.9 Å². The van der Waals surface area contributed by atoms with Gasteiger partial charge in [-0.3, -0.25) is 4.79 Å². The zero-order valence-electron chi connectivity index (χ0n) is 16.5. The number of fused-ring (bicyclic) bond motifs is 1. The first kappa shape index (κ1) is 20.3. The van der Waals surface area contributed by atoms with Crippen LogP contribution < -0.4 is 20.1 Å². The lowest BCUT2D eigenvalue weighted by Crippen LogP contribution is -2.33. The van der Waals surface area contributed by atoms with Crippen LogP contribution in [0.4, 0.5) is 18.9 Å². The molecule has 0 spiro atoms. The number of hydrogen-bond donors (Lipinski definition) is 2. The summed E-state index contributed by atoms with van der Waals surface area (Å²) in [5.41, 5.74) is 1.21. The molecule has 2 aromatic carbocycles. The van der Waals surface area contributed by atoms with Crippen molar-refractivity contribution in [2.24, 2.45) is 0 Å². The predicted molar refractivity (Wildman–Crippen MR) is 106 cm³/mol. The van der Waals surface area contributed by atoms with Crippen molar-refractivity contribution in [2.75, 3.05) is 25.0 Å². The maximum atomic E-state index is 14.5. The van der Waals surface area contributed by atoms with Gasteiger partial charge in [-0.1, -0.05) is 6.07 Å². The van der Waals surface area contributed by atoms with E-state index in [1.807, 2.05) is 0 Å². The van der Waals surface area contributed by atoms with Crippen LogP contribution in [-0.4, -0.2) is 41.7 Å². The molecule has 1 amide bonds. The Labute approximate surface area is 179 Å². The van der Waals surface area contributed by atoms with E-state index < -0.39 is 18.0 Å². The molecule has 3 heterocycles. The van der Waals surface area contributed by atoms with Gasteiger partial charge in [0.1, 0.15) is 5.82 Å². The number of aromatic nitrogens is 2. The molecular formula is C21H17F3N4O4. The molecule has 1 aromatic heterocycles. The molecule has 0 bridgehead atoms. The van der Waals surface area contributed by atoms with Crippen molar-refractivity contribution in [3.8, 4) is 17.2 Å². The molecule has 11 heteroatoms. The van der Waals surface area contributed by atoms with Gasteiger partial charge >= 0.3 is 6.29 Å². The number of carbonyl (C=O) groups is 1. The van der Waals surface area contributed by atoms with Gasteiger partial charge in [0.2, 0.25) is 0 Å². The van der Waals surface area contributed by atoms with Crippen molar-refractivity contribution < 1.29 is 32.2 Å². The molecule has 1 fully saturated rings. The summed E-state index contributed by atoms with van der Waals surface area (Å²) in [7, 11) is 0. The molecule has 0 saturated carbocycles. The fraction of sp³-hybridized carbons (Fsp3) is 0.238. The van der Waals surface area contributed by atoms with Gasteiger partial charge in [0.15, 0.2) is 11.5 Å². The lowest BCUT2D eigenvalue weighted by atomic mass is 10.1. The lowest BCUT2D eigenvalue weighted by Gasteiger charge is -2.24. The monoisotopic (exact) mass is 446 g/mol. The van der Waals surface area contributed by atoms with E-state index in [0.717, 1.165) is 6.54 Å². The first-order valence-electron chi connectivity index (χ1n) is 9.76. The summed E-state index contributed by atoms with van der Waals surface area (Å²) in [6, 6.07) is 8.62. The summed E-state index contributed by atoms with van der Waals surface area (Å²) < 4.78 is 56.6. The van der Waals surface area contributed by atoms with Gasteiger partial charge in [0, 0.05) is 25.4 Å². The first-order chi connectivity index (χ1) is 15.4. The van der Waals surface area contributed by atoms with Gasteiger partial charge in [-0.2, -0.15) is 5.10 Å². The largest absolute Gasteiger partial charge is 0.586 e. The van der Waals surface area contributed by atoms with Crippen LogP contribution in [0.3, 0.4) is 0 Å². The van der Waals surface area contributed by atoms with Crippen molar-refractivity contribution in [3.63, 3.8) is 0 Å². The smallest absolute Gasteiger partial charge is 0.395 e. The Balaban J connectivity index is 1.29. The minimum Gasteiger partial charge on any atom is -0.395 e. The average molecular weight is 446 g/mol. The molecule has 0 radical (unpaired) electrons. The molecule has 3 aromatic rings. The Kier molecular flexibility index (Phi) is 4.98. The minimum atomic E-state index is -3.73. The Morgan fingerprint density at radius 2 is 2.03 bits per heavy atom. The lowest BCUT2D eigenvalue weighted by molar-refractivity contribution is -0.286. The highest BCUT2D eigenvalue weighted by Crippen LogP contribution is 2.41. The number of nitrogens with zero attached hydrogens (tertiary/aromatic N) is 2. The van der Waals surface area contributed by atoms with Crippen LogP contribution in [0.1, 0.15) is 22.0 Å². The predicted octanol–water partition coefficient (Wildman–Crippen LogP) is 3.25. The van der Waals surface area contributed by atoms with Crippen molar-refractivity contribution in [1.29, 1.82) is 0 Å². The molecule has 0 aliphatic carbocycles. The van der Waals surface area contributed by atoms with Gasteiger partial charge < -0.3 is 24.8 Å². The first-order valence-corrected chi connectivity index (χ1v) is 9.76. The second-order valence-corrected chi connectivity index (χ2v) is 7.23. The quantitative estimate of drug-likeness (QED) is 0.640. The third-order valence-electron chi connectivity index (χ3n) is 5.03. The van der Waals surface area contributed by atoms with Crippen molar-refractivity contribution in [1.82, 2.24) is 15.1 Å². The molecule has 8 nitrogen and oxygen atoms in total. The molecule has 2 aliphatic heterocycles. The number of hydrogen-bond acceptors (Lipinski definition) is 6. The van der Waals surface area contributed by atoms with E-state index >= 15 is 0 Å². The summed E-state index contributed by atoms with van der Waals surface area (Å²) >= 11 is 0. The Morgan fingerprint density at radius 3 is 2.81 bits per heavy atom. The second kappa shape index (κ2) is 7.84. The van der Waals surface area contributed by atoms with Crippen LogP contribution in [-0.2, 0) is 4.74 Å². The van der Waals surface area contributed by atoms with E-state index in [1.54, 1.807) is 6.07 Å².